The highest BCUT2D eigenvalue weighted by atomic mass is 35.5. The van der Waals surface area contributed by atoms with Crippen molar-refractivity contribution in [3.8, 4) is 5.88 Å². The molecule has 1 saturated heterocycles. The first-order valence-corrected chi connectivity index (χ1v) is 9.67. The summed E-state index contributed by atoms with van der Waals surface area (Å²) in [6.45, 7) is 4.05. The van der Waals surface area contributed by atoms with Crippen LogP contribution < -0.4 is 0 Å². The largest absolute Gasteiger partial charge is 0.493 e. The van der Waals surface area contributed by atoms with Crippen LogP contribution >= 0.6 is 23.4 Å². The summed E-state index contributed by atoms with van der Waals surface area (Å²) in [5, 5.41) is 21.0. The number of rotatable bonds is 3. The number of aromatic hydroxyl groups is 1. The summed E-state index contributed by atoms with van der Waals surface area (Å²) < 4.78 is 1.96. The van der Waals surface area contributed by atoms with Gasteiger partial charge >= 0.3 is 0 Å². The van der Waals surface area contributed by atoms with Crippen LogP contribution in [-0.4, -0.2) is 21.2 Å². The number of halogens is 1. The number of hydrogen-bond acceptors (Lipinski definition) is 4. The molecule has 1 aliphatic rings. The molecule has 0 spiro atoms. The standard InChI is InChI=1S/C19H18ClN3OS/c1-11-3-5-16(12(2)7-11)21-22-18-15-8-13(20)4-6-17(15)23(19(18)24)14-9-25-10-14/h3-8,14,24H,9-10H2,1-2H3. The highest BCUT2D eigenvalue weighted by Crippen LogP contribution is 2.45. The fourth-order valence-electron chi connectivity index (χ4n) is 3.12. The van der Waals surface area contributed by atoms with Gasteiger partial charge in [0.25, 0.3) is 0 Å². The van der Waals surface area contributed by atoms with E-state index in [0.29, 0.717) is 16.8 Å². The topological polar surface area (TPSA) is 49.9 Å². The molecule has 2 aromatic carbocycles. The average molecular weight is 372 g/mol. The molecule has 4 nitrogen and oxygen atoms in total. The molecule has 128 valence electrons. The first kappa shape index (κ1) is 16.5. The van der Waals surface area contributed by atoms with Gasteiger partial charge in [0, 0.05) is 21.9 Å². The van der Waals surface area contributed by atoms with E-state index in [1.807, 2.05) is 60.5 Å². The zero-order valence-corrected chi connectivity index (χ0v) is 15.6. The van der Waals surface area contributed by atoms with Gasteiger partial charge in [0.15, 0.2) is 5.69 Å². The molecular formula is C19H18ClN3OS. The first-order chi connectivity index (χ1) is 12.0. The molecule has 25 heavy (non-hydrogen) atoms. The zero-order chi connectivity index (χ0) is 17.6. The van der Waals surface area contributed by atoms with Gasteiger partial charge in [-0.1, -0.05) is 29.3 Å². The van der Waals surface area contributed by atoms with Crippen LogP contribution in [0.15, 0.2) is 46.6 Å². The lowest BCUT2D eigenvalue weighted by molar-refractivity contribution is 0.406. The van der Waals surface area contributed by atoms with Gasteiger partial charge in [-0.15, -0.1) is 5.11 Å². The minimum Gasteiger partial charge on any atom is -0.493 e. The van der Waals surface area contributed by atoms with Crippen molar-refractivity contribution < 1.29 is 5.11 Å². The molecule has 2 heterocycles. The molecule has 0 bridgehead atoms. The summed E-state index contributed by atoms with van der Waals surface area (Å²) in [7, 11) is 0. The van der Waals surface area contributed by atoms with E-state index < -0.39 is 0 Å². The van der Waals surface area contributed by atoms with Crippen LogP contribution in [-0.2, 0) is 0 Å². The van der Waals surface area contributed by atoms with Crippen molar-refractivity contribution in [2.24, 2.45) is 10.2 Å². The number of aromatic nitrogens is 1. The zero-order valence-electron chi connectivity index (χ0n) is 14.0. The van der Waals surface area contributed by atoms with E-state index in [0.717, 1.165) is 33.7 Å². The molecule has 0 unspecified atom stereocenters. The molecule has 0 aliphatic carbocycles. The molecule has 1 aromatic heterocycles. The Morgan fingerprint density at radius 1 is 1.12 bits per heavy atom. The third kappa shape index (κ3) is 2.92. The molecule has 0 atom stereocenters. The Bertz CT molecular complexity index is 992. The monoisotopic (exact) mass is 371 g/mol. The first-order valence-electron chi connectivity index (χ1n) is 8.14. The lowest BCUT2D eigenvalue weighted by atomic mass is 10.1. The summed E-state index contributed by atoms with van der Waals surface area (Å²) in [5.41, 5.74) is 4.47. The Kier molecular flexibility index (Phi) is 4.21. The Hall–Kier alpha value is -1.98. The van der Waals surface area contributed by atoms with Crippen molar-refractivity contribution in [3.05, 3.63) is 52.5 Å². The third-order valence-electron chi connectivity index (χ3n) is 4.51. The number of nitrogens with zero attached hydrogens (tertiary/aromatic N) is 3. The van der Waals surface area contributed by atoms with Gasteiger partial charge in [-0.3, -0.25) is 0 Å². The van der Waals surface area contributed by atoms with E-state index >= 15 is 0 Å². The Morgan fingerprint density at radius 2 is 1.92 bits per heavy atom. The molecule has 6 heteroatoms. The van der Waals surface area contributed by atoms with E-state index in [2.05, 4.69) is 16.3 Å². The van der Waals surface area contributed by atoms with E-state index in [9.17, 15) is 5.11 Å². The third-order valence-corrected chi connectivity index (χ3v) is 5.98. The van der Waals surface area contributed by atoms with Gasteiger partial charge < -0.3 is 9.67 Å². The molecule has 1 N–H and O–H groups in total. The summed E-state index contributed by atoms with van der Waals surface area (Å²) >= 11 is 8.04. The van der Waals surface area contributed by atoms with Crippen LogP contribution in [0, 0.1) is 13.8 Å². The maximum atomic E-state index is 10.8. The smallest absolute Gasteiger partial charge is 0.221 e. The molecule has 0 radical (unpaired) electrons. The Labute approximate surface area is 155 Å². The summed E-state index contributed by atoms with van der Waals surface area (Å²) in [5.74, 6) is 2.15. The van der Waals surface area contributed by atoms with Gasteiger partial charge in [0.1, 0.15) is 0 Å². The summed E-state index contributed by atoms with van der Waals surface area (Å²) in [4.78, 5) is 0. The van der Waals surface area contributed by atoms with Crippen molar-refractivity contribution >= 4 is 45.6 Å². The van der Waals surface area contributed by atoms with Crippen LogP contribution in [0.25, 0.3) is 10.9 Å². The van der Waals surface area contributed by atoms with E-state index in [4.69, 9.17) is 11.6 Å². The van der Waals surface area contributed by atoms with Crippen LogP contribution in [0.1, 0.15) is 17.2 Å². The van der Waals surface area contributed by atoms with Gasteiger partial charge in [0.2, 0.25) is 5.88 Å². The minimum atomic E-state index is 0.163. The van der Waals surface area contributed by atoms with Gasteiger partial charge in [0.05, 0.1) is 17.2 Å². The van der Waals surface area contributed by atoms with Crippen LogP contribution in [0.2, 0.25) is 5.02 Å². The Balaban J connectivity index is 1.84. The lowest BCUT2D eigenvalue weighted by Crippen LogP contribution is -2.22. The molecule has 1 aliphatic heterocycles. The number of thioether (sulfide) groups is 1. The number of fused-ring (bicyclic) bond motifs is 1. The highest BCUT2D eigenvalue weighted by molar-refractivity contribution is 8.00. The van der Waals surface area contributed by atoms with E-state index in [1.165, 1.54) is 5.56 Å². The minimum absolute atomic E-state index is 0.163. The highest BCUT2D eigenvalue weighted by Gasteiger charge is 2.27. The normalized spacial score (nSPS) is 15.2. The van der Waals surface area contributed by atoms with E-state index in [1.54, 1.807) is 0 Å². The lowest BCUT2D eigenvalue weighted by Gasteiger charge is -2.27. The van der Waals surface area contributed by atoms with Gasteiger partial charge in [-0.2, -0.15) is 16.9 Å². The predicted octanol–water partition coefficient (Wildman–Crippen LogP) is 6.32. The van der Waals surface area contributed by atoms with Gasteiger partial charge in [-0.05, 0) is 43.7 Å². The van der Waals surface area contributed by atoms with Crippen LogP contribution in [0.4, 0.5) is 11.4 Å². The summed E-state index contributed by atoms with van der Waals surface area (Å²) in [6, 6.07) is 11.9. The number of azo groups is 1. The second-order valence-electron chi connectivity index (χ2n) is 6.38. The van der Waals surface area contributed by atoms with Crippen LogP contribution in [0.5, 0.6) is 5.88 Å². The predicted molar refractivity (Wildman–Crippen MR) is 105 cm³/mol. The molecule has 1 fully saturated rings. The van der Waals surface area contributed by atoms with Crippen LogP contribution in [0.3, 0.4) is 0 Å². The number of aryl methyl sites for hydroxylation is 2. The fourth-order valence-corrected chi connectivity index (χ4v) is 4.04. The van der Waals surface area contributed by atoms with Crippen molar-refractivity contribution in [1.29, 1.82) is 0 Å². The SMILES string of the molecule is Cc1ccc(N=Nc2c(O)n(C3CSC3)c3ccc(Cl)cc23)c(C)c1. The number of benzene rings is 2. The molecule has 4 rings (SSSR count). The Morgan fingerprint density at radius 3 is 2.60 bits per heavy atom. The molecule has 3 aromatic rings. The fraction of sp³-hybridized carbons (Fsp3) is 0.263. The average Bonchev–Trinajstić information content (AvgIpc) is 2.77. The van der Waals surface area contributed by atoms with Crippen molar-refractivity contribution in [1.82, 2.24) is 4.57 Å². The second kappa shape index (κ2) is 6.39. The van der Waals surface area contributed by atoms with Crippen molar-refractivity contribution in [2.75, 3.05) is 11.5 Å². The van der Waals surface area contributed by atoms with Crippen molar-refractivity contribution in [2.45, 2.75) is 19.9 Å². The maximum Gasteiger partial charge on any atom is 0.221 e. The molecule has 0 amide bonds. The van der Waals surface area contributed by atoms with Gasteiger partial charge in [-0.25, -0.2) is 0 Å². The van der Waals surface area contributed by atoms with Crippen molar-refractivity contribution in [3.63, 3.8) is 0 Å². The molecular weight excluding hydrogens is 354 g/mol. The second-order valence-corrected chi connectivity index (χ2v) is 7.90. The maximum absolute atomic E-state index is 10.8. The summed E-state index contributed by atoms with van der Waals surface area (Å²) in [6.07, 6.45) is 0. The van der Waals surface area contributed by atoms with E-state index in [-0.39, 0.29) is 5.88 Å². The quantitative estimate of drug-likeness (QED) is 0.547. The molecule has 0 saturated carbocycles. The number of hydrogen-bond donors (Lipinski definition) is 1.